The van der Waals surface area contributed by atoms with Crippen molar-refractivity contribution in [1.82, 2.24) is 5.01 Å². The van der Waals surface area contributed by atoms with E-state index >= 15 is 0 Å². The molecule has 96 valence electrons. The molecule has 2 rings (SSSR count). The molecule has 1 unspecified atom stereocenters. The van der Waals surface area contributed by atoms with Crippen molar-refractivity contribution in [1.29, 1.82) is 0 Å². The van der Waals surface area contributed by atoms with E-state index in [4.69, 9.17) is 16.3 Å². The number of ether oxygens (including phenoxy) is 1. The molecular formula is C13H15ClN2O2. The fraction of sp³-hybridized carbons (Fsp3) is 0.385. The van der Waals surface area contributed by atoms with Gasteiger partial charge in [0.05, 0.1) is 0 Å². The van der Waals surface area contributed by atoms with E-state index in [1.807, 2.05) is 20.8 Å². The summed E-state index contributed by atoms with van der Waals surface area (Å²) in [6.07, 6.45) is 0.871. The lowest BCUT2D eigenvalue weighted by atomic mass is 9.90. The Kier molecular flexibility index (Phi) is 3.30. The Balaban J connectivity index is 2.12. The van der Waals surface area contributed by atoms with E-state index in [0.29, 0.717) is 10.8 Å². The second kappa shape index (κ2) is 4.61. The average molecular weight is 267 g/mol. The van der Waals surface area contributed by atoms with Gasteiger partial charge in [0, 0.05) is 10.4 Å². The van der Waals surface area contributed by atoms with Crippen molar-refractivity contribution in [2.75, 3.05) is 0 Å². The van der Waals surface area contributed by atoms with Gasteiger partial charge in [-0.2, -0.15) is 5.10 Å². The van der Waals surface area contributed by atoms with E-state index in [1.54, 1.807) is 30.6 Å². The van der Waals surface area contributed by atoms with Crippen LogP contribution in [0.4, 0.5) is 0 Å². The Morgan fingerprint density at radius 1 is 1.33 bits per heavy atom. The molecule has 4 nitrogen and oxygen atoms in total. The molecule has 1 aliphatic rings. The number of hydrogen-bond acceptors (Lipinski definition) is 4. The molecule has 0 N–H and O–H groups in total. The summed E-state index contributed by atoms with van der Waals surface area (Å²) in [5.41, 5.74) is -0.483. The molecule has 0 saturated heterocycles. The summed E-state index contributed by atoms with van der Waals surface area (Å²) in [7, 11) is 0. The SMILES string of the molecule is CC(C)(C)C(=O)C(Oc1ccc(Cl)cc1)N1C=N1. The molecule has 0 aromatic heterocycles. The molecule has 0 amide bonds. The summed E-state index contributed by atoms with van der Waals surface area (Å²) in [5, 5.41) is 6.03. The number of hydrogen-bond donors (Lipinski definition) is 0. The number of carbonyl (C=O) groups excluding carboxylic acids is 1. The Morgan fingerprint density at radius 2 is 1.89 bits per heavy atom. The van der Waals surface area contributed by atoms with Crippen LogP contribution in [0, 0.1) is 5.41 Å². The first-order valence-electron chi connectivity index (χ1n) is 5.67. The van der Waals surface area contributed by atoms with Gasteiger partial charge in [0.15, 0.2) is 0 Å². The van der Waals surface area contributed by atoms with Gasteiger partial charge in [-0.15, -0.1) is 0 Å². The van der Waals surface area contributed by atoms with Gasteiger partial charge in [-0.05, 0) is 24.3 Å². The number of benzene rings is 1. The Bertz CT molecular complexity index is 471. The predicted molar refractivity (Wildman–Crippen MR) is 70.7 cm³/mol. The molecule has 0 bridgehead atoms. The summed E-state index contributed by atoms with van der Waals surface area (Å²) in [5.74, 6) is 0.576. The first-order chi connectivity index (χ1) is 8.38. The normalized spacial score (nSPS) is 15.4. The standard InChI is InChI=1S/C13H15ClN2O2/c1-13(2,3)11(17)12(16-8-15-16)18-10-6-4-9(14)5-7-10/h4-8,12H,1-3H3. The molecule has 1 aliphatic heterocycles. The quantitative estimate of drug-likeness (QED) is 0.841. The van der Waals surface area contributed by atoms with Crippen molar-refractivity contribution >= 4 is 23.7 Å². The van der Waals surface area contributed by atoms with Gasteiger partial charge in [0.1, 0.15) is 12.1 Å². The summed E-state index contributed by atoms with van der Waals surface area (Å²) in [4.78, 5) is 12.2. The van der Waals surface area contributed by atoms with Crippen LogP contribution >= 0.6 is 11.6 Å². The molecule has 0 fully saturated rings. The fourth-order valence-electron chi connectivity index (χ4n) is 1.39. The first kappa shape index (κ1) is 12.9. The van der Waals surface area contributed by atoms with Crippen LogP contribution in [0.25, 0.3) is 0 Å². The molecule has 0 spiro atoms. The van der Waals surface area contributed by atoms with Crippen LogP contribution < -0.4 is 4.74 Å². The minimum atomic E-state index is -0.703. The second-order valence-corrected chi connectivity index (χ2v) is 5.59. The van der Waals surface area contributed by atoms with E-state index in [0.717, 1.165) is 0 Å². The number of hydrazone groups is 1. The maximum atomic E-state index is 12.2. The molecule has 1 atom stereocenters. The zero-order chi connectivity index (χ0) is 13.3. The second-order valence-electron chi connectivity index (χ2n) is 5.15. The number of nitrogens with zero attached hydrogens (tertiary/aromatic N) is 2. The highest BCUT2D eigenvalue weighted by Crippen LogP contribution is 2.25. The zero-order valence-corrected chi connectivity index (χ0v) is 11.3. The van der Waals surface area contributed by atoms with E-state index < -0.39 is 11.6 Å². The van der Waals surface area contributed by atoms with Gasteiger partial charge in [-0.3, -0.25) is 4.79 Å². The lowest BCUT2D eigenvalue weighted by Crippen LogP contribution is -2.42. The van der Waals surface area contributed by atoms with Gasteiger partial charge >= 0.3 is 0 Å². The Hall–Kier alpha value is -1.55. The van der Waals surface area contributed by atoms with Gasteiger partial charge in [0.2, 0.25) is 5.78 Å². The van der Waals surface area contributed by atoms with E-state index in [2.05, 4.69) is 5.10 Å². The Morgan fingerprint density at radius 3 is 2.33 bits per heavy atom. The van der Waals surface area contributed by atoms with Gasteiger partial charge in [0.25, 0.3) is 6.23 Å². The molecular weight excluding hydrogens is 252 g/mol. The van der Waals surface area contributed by atoms with Crippen molar-refractivity contribution in [3.63, 3.8) is 0 Å². The monoisotopic (exact) mass is 266 g/mol. The summed E-state index contributed by atoms with van der Waals surface area (Å²) in [6.45, 7) is 5.57. The van der Waals surface area contributed by atoms with Crippen molar-refractivity contribution in [2.45, 2.75) is 27.0 Å². The maximum Gasteiger partial charge on any atom is 0.252 e. The third kappa shape index (κ3) is 3.01. The highest BCUT2D eigenvalue weighted by atomic mass is 35.5. The molecule has 5 heteroatoms. The minimum absolute atomic E-state index is 0.0186. The highest BCUT2D eigenvalue weighted by molar-refractivity contribution is 6.30. The van der Waals surface area contributed by atoms with Gasteiger partial charge < -0.3 is 4.74 Å². The van der Waals surface area contributed by atoms with Crippen molar-refractivity contribution in [3.8, 4) is 5.75 Å². The van der Waals surface area contributed by atoms with Crippen LogP contribution in [-0.4, -0.2) is 23.4 Å². The minimum Gasteiger partial charge on any atom is -0.461 e. The first-order valence-corrected chi connectivity index (χ1v) is 6.05. The number of Topliss-reactive ketones (excluding diaryl/α,β-unsaturated/α-hetero) is 1. The van der Waals surface area contributed by atoms with Crippen LogP contribution in [0.3, 0.4) is 0 Å². The van der Waals surface area contributed by atoms with E-state index in [9.17, 15) is 4.79 Å². The highest BCUT2D eigenvalue weighted by Gasteiger charge is 2.38. The summed E-state index contributed by atoms with van der Waals surface area (Å²) >= 11 is 5.80. The predicted octanol–water partition coefficient (Wildman–Crippen LogP) is 2.92. The number of ketones is 1. The van der Waals surface area contributed by atoms with Gasteiger partial charge in [-0.1, -0.05) is 32.4 Å². The van der Waals surface area contributed by atoms with E-state index in [-0.39, 0.29) is 5.78 Å². The molecule has 0 saturated carbocycles. The van der Waals surface area contributed by atoms with Crippen LogP contribution in [0.5, 0.6) is 5.75 Å². The topological polar surface area (TPSA) is 41.7 Å². The van der Waals surface area contributed by atoms with E-state index in [1.165, 1.54) is 5.01 Å². The number of rotatable bonds is 4. The largest absolute Gasteiger partial charge is 0.461 e. The summed E-state index contributed by atoms with van der Waals surface area (Å²) < 4.78 is 5.67. The lowest BCUT2D eigenvalue weighted by molar-refractivity contribution is -0.137. The average Bonchev–Trinajstić information content (AvgIpc) is 3.10. The molecule has 0 radical (unpaired) electrons. The maximum absolute atomic E-state index is 12.2. The molecule has 18 heavy (non-hydrogen) atoms. The van der Waals surface area contributed by atoms with Crippen LogP contribution in [-0.2, 0) is 4.79 Å². The smallest absolute Gasteiger partial charge is 0.252 e. The fourth-order valence-corrected chi connectivity index (χ4v) is 1.52. The Labute approximate surface area is 111 Å². The van der Waals surface area contributed by atoms with Crippen LogP contribution in [0.15, 0.2) is 29.4 Å². The molecule has 0 aliphatic carbocycles. The van der Waals surface area contributed by atoms with Crippen LogP contribution in [0.1, 0.15) is 20.8 Å². The third-order valence-corrected chi connectivity index (χ3v) is 2.77. The van der Waals surface area contributed by atoms with Gasteiger partial charge in [-0.25, -0.2) is 5.01 Å². The third-order valence-electron chi connectivity index (χ3n) is 2.51. The molecule has 1 heterocycles. The molecule has 1 aromatic carbocycles. The van der Waals surface area contributed by atoms with Crippen molar-refractivity contribution in [2.24, 2.45) is 10.5 Å². The number of carbonyl (C=O) groups is 1. The number of halogens is 1. The summed E-state index contributed by atoms with van der Waals surface area (Å²) in [6, 6.07) is 6.90. The zero-order valence-electron chi connectivity index (χ0n) is 10.6. The van der Waals surface area contributed by atoms with Crippen molar-refractivity contribution < 1.29 is 9.53 Å². The molecule has 1 aromatic rings. The lowest BCUT2D eigenvalue weighted by Gasteiger charge is -2.25. The van der Waals surface area contributed by atoms with Crippen LogP contribution in [0.2, 0.25) is 5.02 Å². The van der Waals surface area contributed by atoms with Crippen molar-refractivity contribution in [3.05, 3.63) is 29.3 Å².